The number of carbonyl (C=O) groups excluding carboxylic acids is 1. The summed E-state index contributed by atoms with van der Waals surface area (Å²) in [6, 6.07) is 9.65. The normalized spacial score (nSPS) is 12.2. The number of rotatable bonds is 8. The number of alkyl halides is 1. The predicted octanol–water partition coefficient (Wildman–Crippen LogP) is 3.53. The van der Waals surface area contributed by atoms with E-state index in [2.05, 4.69) is 12.3 Å². The number of carbonyl (C=O) groups is 1. The average Bonchev–Trinajstić information content (AvgIpc) is 2.54. The first-order chi connectivity index (χ1) is 10.6. The number of hydrogen-bond donors (Lipinski definition) is 0. The van der Waals surface area contributed by atoms with Crippen molar-refractivity contribution in [2.75, 3.05) is 19.8 Å². The number of methoxy groups -OCH3 is 1. The number of benzene rings is 1. The summed E-state index contributed by atoms with van der Waals surface area (Å²) in [5, 5.41) is 0. The molecule has 1 atom stereocenters. The second kappa shape index (κ2) is 9.85. The molecule has 0 aromatic heterocycles. The van der Waals surface area contributed by atoms with Gasteiger partial charge in [-0.2, -0.15) is 0 Å². The zero-order valence-corrected chi connectivity index (χ0v) is 13.4. The van der Waals surface area contributed by atoms with Gasteiger partial charge < -0.3 is 14.2 Å². The van der Waals surface area contributed by atoms with Gasteiger partial charge in [0.05, 0.1) is 0 Å². The fraction of sp³-hybridized carbons (Fsp3) is 0.294. The molecule has 0 spiro atoms. The van der Waals surface area contributed by atoms with Crippen LogP contribution in [0.15, 0.2) is 54.0 Å². The maximum absolute atomic E-state index is 11.5. The van der Waals surface area contributed by atoms with Crippen molar-refractivity contribution in [1.82, 2.24) is 0 Å². The first-order valence-electron chi connectivity index (χ1n) is 6.62. The summed E-state index contributed by atoms with van der Waals surface area (Å²) in [6.07, 6.45) is 1.14. The van der Waals surface area contributed by atoms with E-state index in [-0.39, 0.29) is 18.4 Å². The molecular weight excluding hydrogens is 304 g/mol. The SMILES string of the molecule is C=C=C(OCOC)C(OC(=O)CCl)/C(C)=C/c1ccccc1. The Balaban J connectivity index is 3.05. The average molecular weight is 323 g/mol. The lowest BCUT2D eigenvalue weighted by molar-refractivity contribution is -0.145. The fourth-order valence-electron chi connectivity index (χ4n) is 1.75. The maximum atomic E-state index is 11.5. The number of halogens is 1. The van der Waals surface area contributed by atoms with E-state index < -0.39 is 12.1 Å². The van der Waals surface area contributed by atoms with E-state index in [9.17, 15) is 4.79 Å². The van der Waals surface area contributed by atoms with Crippen LogP contribution in [0.4, 0.5) is 0 Å². The molecule has 0 amide bonds. The highest BCUT2D eigenvalue weighted by molar-refractivity contribution is 6.26. The highest BCUT2D eigenvalue weighted by Gasteiger charge is 2.22. The standard InChI is InChI=1S/C17H19ClO4/c1-4-15(21-12-20-3)17(22-16(19)11-18)13(2)10-14-8-6-5-7-9-14/h5-10,17H,1,11-12H2,2-3H3/b13-10+. The van der Waals surface area contributed by atoms with Gasteiger partial charge in [0.1, 0.15) is 5.88 Å². The topological polar surface area (TPSA) is 44.8 Å². The quantitative estimate of drug-likeness (QED) is 0.241. The monoisotopic (exact) mass is 322 g/mol. The summed E-state index contributed by atoms with van der Waals surface area (Å²) >= 11 is 5.51. The largest absolute Gasteiger partial charge is 0.459 e. The second-order valence-corrected chi connectivity index (χ2v) is 4.66. The van der Waals surface area contributed by atoms with Crippen LogP contribution in [0, 0.1) is 0 Å². The molecule has 0 heterocycles. The van der Waals surface area contributed by atoms with E-state index in [1.807, 2.05) is 43.3 Å². The molecule has 4 nitrogen and oxygen atoms in total. The zero-order chi connectivity index (χ0) is 16.4. The minimum atomic E-state index is -0.751. The van der Waals surface area contributed by atoms with Crippen LogP contribution >= 0.6 is 11.6 Å². The molecule has 0 bridgehead atoms. The van der Waals surface area contributed by atoms with E-state index in [4.69, 9.17) is 25.8 Å². The van der Waals surface area contributed by atoms with Crippen LogP contribution in [0.25, 0.3) is 6.08 Å². The van der Waals surface area contributed by atoms with Crippen molar-refractivity contribution in [1.29, 1.82) is 0 Å². The Hall–Kier alpha value is -2.00. The first-order valence-corrected chi connectivity index (χ1v) is 7.16. The van der Waals surface area contributed by atoms with E-state index in [1.54, 1.807) is 0 Å². The molecule has 118 valence electrons. The summed E-state index contributed by atoms with van der Waals surface area (Å²) in [4.78, 5) is 11.5. The molecule has 0 radical (unpaired) electrons. The molecule has 22 heavy (non-hydrogen) atoms. The van der Waals surface area contributed by atoms with E-state index in [1.165, 1.54) is 7.11 Å². The van der Waals surface area contributed by atoms with Gasteiger partial charge in [0.2, 0.25) is 0 Å². The van der Waals surface area contributed by atoms with Crippen LogP contribution in [0.1, 0.15) is 12.5 Å². The van der Waals surface area contributed by atoms with Gasteiger partial charge in [-0.1, -0.05) is 48.7 Å². The Morgan fingerprint density at radius 3 is 2.64 bits per heavy atom. The highest BCUT2D eigenvalue weighted by Crippen LogP contribution is 2.20. The number of ether oxygens (including phenoxy) is 3. The van der Waals surface area contributed by atoms with E-state index >= 15 is 0 Å². The third-order valence-electron chi connectivity index (χ3n) is 2.71. The first kappa shape index (κ1) is 18.1. The van der Waals surface area contributed by atoms with Crippen molar-refractivity contribution in [2.45, 2.75) is 13.0 Å². The summed E-state index contributed by atoms with van der Waals surface area (Å²) < 4.78 is 15.5. The molecule has 0 saturated heterocycles. The van der Waals surface area contributed by atoms with Crippen molar-refractivity contribution in [3.05, 3.63) is 59.5 Å². The van der Waals surface area contributed by atoms with Gasteiger partial charge in [0, 0.05) is 7.11 Å². The lowest BCUT2D eigenvalue weighted by Gasteiger charge is -2.20. The van der Waals surface area contributed by atoms with Gasteiger partial charge in [-0.05, 0) is 18.1 Å². The molecule has 0 saturated carbocycles. The third kappa shape index (κ3) is 5.78. The number of hydrogen-bond acceptors (Lipinski definition) is 4. The van der Waals surface area contributed by atoms with Crippen LogP contribution in [-0.2, 0) is 19.0 Å². The minimum absolute atomic E-state index is 0.00535. The van der Waals surface area contributed by atoms with Gasteiger partial charge in [-0.15, -0.1) is 11.6 Å². The van der Waals surface area contributed by atoms with Gasteiger partial charge in [-0.3, -0.25) is 4.79 Å². The van der Waals surface area contributed by atoms with E-state index in [0.29, 0.717) is 0 Å². The molecule has 1 aromatic carbocycles. The van der Waals surface area contributed by atoms with Gasteiger partial charge in [0.25, 0.3) is 0 Å². The Bertz CT molecular complexity index is 559. The Kier molecular flexibility index (Phi) is 8.08. The Morgan fingerprint density at radius 1 is 1.41 bits per heavy atom. The van der Waals surface area contributed by atoms with Crippen LogP contribution in [0.2, 0.25) is 0 Å². The molecule has 0 fully saturated rings. The van der Waals surface area contributed by atoms with Gasteiger partial charge in [0.15, 0.2) is 18.7 Å². The minimum Gasteiger partial charge on any atom is -0.459 e. The van der Waals surface area contributed by atoms with Crippen LogP contribution in [-0.4, -0.2) is 31.9 Å². The smallest absolute Gasteiger partial charge is 0.321 e. The van der Waals surface area contributed by atoms with Crippen molar-refractivity contribution in [2.24, 2.45) is 0 Å². The van der Waals surface area contributed by atoms with Crippen molar-refractivity contribution >= 4 is 23.6 Å². The lowest BCUT2D eigenvalue weighted by Crippen LogP contribution is -2.24. The molecule has 0 aliphatic rings. The molecule has 5 heteroatoms. The predicted molar refractivity (Wildman–Crippen MR) is 86.3 cm³/mol. The van der Waals surface area contributed by atoms with Gasteiger partial charge in [-0.25, -0.2) is 0 Å². The van der Waals surface area contributed by atoms with Gasteiger partial charge >= 0.3 is 5.97 Å². The third-order valence-corrected chi connectivity index (χ3v) is 2.93. The molecule has 0 aliphatic heterocycles. The molecule has 1 unspecified atom stereocenters. The fourth-order valence-corrected chi connectivity index (χ4v) is 1.81. The van der Waals surface area contributed by atoms with Crippen molar-refractivity contribution < 1.29 is 19.0 Å². The maximum Gasteiger partial charge on any atom is 0.321 e. The molecule has 1 rings (SSSR count). The Morgan fingerprint density at radius 2 is 2.09 bits per heavy atom. The summed E-state index contributed by atoms with van der Waals surface area (Å²) in [7, 11) is 1.49. The van der Waals surface area contributed by atoms with Crippen LogP contribution in [0.5, 0.6) is 0 Å². The highest BCUT2D eigenvalue weighted by atomic mass is 35.5. The van der Waals surface area contributed by atoms with Crippen molar-refractivity contribution in [3.8, 4) is 0 Å². The number of esters is 1. The molecular formula is C17H19ClO4. The van der Waals surface area contributed by atoms with Crippen LogP contribution < -0.4 is 0 Å². The van der Waals surface area contributed by atoms with E-state index in [0.717, 1.165) is 11.1 Å². The summed E-state index contributed by atoms with van der Waals surface area (Å²) in [5.74, 6) is -0.532. The summed E-state index contributed by atoms with van der Waals surface area (Å²) in [5.41, 5.74) is 4.37. The second-order valence-electron chi connectivity index (χ2n) is 4.39. The molecule has 0 N–H and O–H groups in total. The lowest BCUT2D eigenvalue weighted by atomic mass is 10.1. The molecule has 0 aliphatic carbocycles. The van der Waals surface area contributed by atoms with Crippen LogP contribution in [0.3, 0.4) is 0 Å². The zero-order valence-electron chi connectivity index (χ0n) is 12.7. The van der Waals surface area contributed by atoms with Crippen molar-refractivity contribution in [3.63, 3.8) is 0 Å². The Labute approximate surface area is 135 Å². The molecule has 1 aromatic rings. The summed E-state index contributed by atoms with van der Waals surface area (Å²) in [6.45, 7) is 5.39.